The van der Waals surface area contributed by atoms with E-state index in [0.29, 0.717) is 17.6 Å². The van der Waals surface area contributed by atoms with Crippen LogP contribution in [0.5, 0.6) is 0 Å². The number of furan rings is 1. The molecule has 3 rings (SSSR count). The molecule has 0 fully saturated rings. The standard InChI is InChI=1S/C19H18O4/c1-2-22-19(21)15-11-10-14(16-9-6-12-23-16)17(15)18(20)13-7-4-3-5-8-13/h3-9,11-12,14,17H,2,10H2,1H3/t14-,17-/m0/s1. The maximum atomic E-state index is 13.0. The van der Waals surface area contributed by atoms with Gasteiger partial charge in [0.25, 0.3) is 0 Å². The molecule has 2 aromatic rings. The molecule has 1 aromatic heterocycles. The molecule has 0 N–H and O–H groups in total. The van der Waals surface area contributed by atoms with Crippen LogP contribution in [0.2, 0.25) is 0 Å². The SMILES string of the molecule is CCOC(=O)C1=CC[C@@H](c2ccco2)[C@@H]1C(=O)c1ccccc1. The van der Waals surface area contributed by atoms with Gasteiger partial charge in [-0.3, -0.25) is 4.79 Å². The zero-order valence-electron chi connectivity index (χ0n) is 12.9. The molecule has 4 heteroatoms. The van der Waals surface area contributed by atoms with Crippen LogP contribution in [0.25, 0.3) is 0 Å². The highest BCUT2D eigenvalue weighted by molar-refractivity contribution is 6.06. The van der Waals surface area contributed by atoms with E-state index in [1.807, 2.05) is 24.3 Å². The van der Waals surface area contributed by atoms with Crippen LogP contribution in [0.1, 0.15) is 35.4 Å². The highest BCUT2D eigenvalue weighted by atomic mass is 16.5. The Labute approximate surface area is 134 Å². The number of carbonyl (C=O) groups is 2. The Balaban J connectivity index is 1.96. The highest BCUT2D eigenvalue weighted by Crippen LogP contribution is 2.42. The number of esters is 1. The Morgan fingerprint density at radius 1 is 1.17 bits per heavy atom. The van der Waals surface area contributed by atoms with Gasteiger partial charge in [0.2, 0.25) is 0 Å². The van der Waals surface area contributed by atoms with Crippen molar-refractivity contribution in [1.29, 1.82) is 0 Å². The number of allylic oxidation sites excluding steroid dienone is 1. The largest absolute Gasteiger partial charge is 0.469 e. The predicted molar refractivity (Wildman–Crippen MR) is 85.0 cm³/mol. The Bertz CT molecular complexity index is 713. The summed E-state index contributed by atoms with van der Waals surface area (Å²) >= 11 is 0. The molecule has 0 saturated carbocycles. The number of hydrogen-bond donors (Lipinski definition) is 0. The Morgan fingerprint density at radius 3 is 2.61 bits per heavy atom. The van der Waals surface area contributed by atoms with Crippen molar-refractivity contribution in [2.24, 2.45) is 5.92 Å². The summed E-state index contributed by atoms with van der Waals surface area (Å²) in [6, 6.07) is 12.7. The second kappa shape index (κ2) is 6.65. The van der Waals surface area contributed by atoms with Crippen molar-refractivity contribution >= 4 is 11.8 Å². The average Bonchev–Trinajstić information content (AvgIpc) is 3.24. The summed E-state index contributed by atoms with van der Waals surface area (Å²) in [6.45, 7) is 2.04. The van der Waals surface area contributed by atoms with Crippen molar-refractivity contribution in [2.45, 2.75) is 19.3 Å². The molecule has 0 saturated heterocycles. The Kier molecular flexibility index (Phi) is 4.42. The third-order valence-corrected chi connectivity index (χ3v) is 4.09. The molecule has 1 aliphatic carbocycles. The van der Waals surface area contributed by atoms with Crippen LogP contribution in [-0.4, -0.2) is 18.4 Å². The fraction of sp³-hybridized carbons (Fsp3) is 0.263. The highest BCUT2D eigenvalue weighted by Gasteiger charge is 2.41. The van der Waals surface area contributed by atoms with Gasteiger partial charge in [-0.2, -0.15) is 0 Å². The van der Waals surface area contributed by atoms with Crippen molar-refractivity contribution in [3.05, 3.63) is 71.7 Å². The van der Waals surface area contributed by atoms with Crippen molar-refractivity contribution < 1.29 is 18.7 Å². The van der Waals surface area contributed by atoms with Gasteiger partial charge in [0.1, 0.15) is 5.76 Å². The van der Waals surface area contributed by atoms with Crippen molar-refractivity contribution in [3.63, 3.8) is 0 Å². The van der Waals surface area contributed by atoms with Crippen LogP contribution in [0, 0.1) is 5.92 Å². The van der Waals surface area contributed by atoms with Crippen LogP contribution < -0.4 is 0 Å². The Hall–Kier alpha value is -2.62. The number of ether oxygens (including phenoxy) is 1. The summed E-state index contributed by atoms with van der Waals surface area (Å²) in [5.41, 5.74) is 1.02. The molecular formula is C19H18O4. The molecule has 0 bridgehead atoms. The zero-order chi connectivity index (χ0) is 16.2. The molecule has 0 amide bonds. The van der Waals surface area contributed by atoms with Crippen molar-refractivity contribution in [3.8, 4) is 0 Å². The van der Waals surface area contributed by atoms with Gasteiger partial charge < -0.3 is 9.15 Å². The molecule has 4 nitrogen and oxygen atoms in total. The maximum absolute atomic E-state index is 13.0. The van der Waals surface area contributed by atoms with Gasteiger partial charge in [0.15, 0.2) is 5.78 Å². The lowest BCUT2D eigenvalue weighted by molar-refractivity contribution is -0.139. The first-order valence-corrected chi connectivity index (χ1v) is 7.72. The molecule has 23 heavy (non-hydrogen) atoms. The van der Waals surface area contributed by atoms with Gasteiger partial charge in [-0.1, -0.05) is 36.4 Å². The summed E-state index contributed by atoms with van der Waals surface area (Å²) < 4.78 is 10.6. The lowest BCUT2D eigenvalue weighted by atomic mass is 9.83. The second-order valence-corrected chi connectivity index (χ2v) is 5.45. The van der Waals surface area contributed by atoms with E-state index in [0.717, 1.165) is 5.76 Å². The molecule has 1 heterocycles. The van der Waals surface area contributed by atoms with Gasteiger partial charge in [-0.05, 0) is 25.5 Å². The summed E-state index contributed by atoms with van der Waals surface area (Å²) in [5.74, 6) is -0.519. The number of Topliss-reactive ketones (excluding diaryl/α,β-unsaturated/α-hetero) is 1. The summed E-state index contributed by atoms with van der Waals surface area (Å²) in [4.78, 5) is 25.2. The minimum Gasteiger partial charge on any atom is -0.469 e. The monoisotopic (exact) mass is 310 g/mol. The molecule has 1 aliphatic rings. The lowest BCUT2D eigenvalue weighted by Crippen LogP contribution is -2.25. The van der Waals surface area contributed by atoms with E-state index in [-0.39, 0.29) is 18.3 Å². The molecule has 118 valence electrons. The van der Waals surface area contributed by atoms with Crippen molar-refractivity contribution in [1.82, 2.24) is 0 Å². The first-order chi connectivity index (χ1) is 11.2. The van der Waals surface area contributed by atoms with E-state index in [9.17, 15) is 9.59 Å². The van der Waals surface area contributed by atoms with E-state index in [1.165, 1.54) is 0 Å². The molecule has 0 unspecified atom stereocenters. The molecule has 0 spiro atoms. The van der Waals surface area contributed by atoms with Crippen LogP contribution in [-0.2, 0) is 9.53 Å². The molecule has 0 radical (unpaired) electrons. The number of ketones is 1. The third-order valence-electron chi connectivity index (χ3n) is 4.09. The van der Waals surface area contributed by atoms with Crippen LogP contribution in [0.3, 0.4) is 0 Å². The molecule has 0 aliphatic heterocycles. The fourth-order valence-electron chi connectivity index (χ4n) is 3.05. The molecule has 2 atom stereocenters. The maximum Gasteiger partial charge on any atom is 0.334 e. The summed E-state index contributed by atoms with van der Waals surface area (Å²) in [6.07, 6.45) is 3.98. The number of rotatable bonds is 5. The molecular weight excluding hydrogens is 292 g/mol. The van der Waals surface area contributed by atoms with E-state index >= 15 is 0 Å². The minimum atomic E-state index is -0.567. The van der Waals surface area contributed by atoms with E-state index in [1.54, 1.807) is 37.5 Å². The quantitative estimate of drug-likeness (QED) is 0.623. The summed E-state index contributed by atoms with van der Waals surface area (Å²) in [7, 11) is 0. The van der Waals surface area contributed by atoms with E-state index in [4.69, 9.17) is 9.15 Å². The predicted octanol–water partition coefficient (Wildman–Crippen LogP) is 3.76. The van der Waals surface area contributed by atoms with Crippen LogP contribution in [0.4, 0.5) is 0 Å². The lowest BCUT2D eigenvalue weighted by Gasteiger charge is -2.19. The van der Waals surface area contributed by atoms with Gasteiger partial charge in [0.05, 0.1) is 18.8 Å². The average molecular weight is 310 g/mol. The second-order valence-electron chi connectivity index (χ2n) is 5.45. The fourth-order valence-corrected chi connectivity index (χ4v) is 3.05. The number of hydrogen-bond acceptors (Lipinski definition) is 4. The molecule has 1 aromatic carbocycles. The number of benzene rings is 1. The Morgan fingerprint density at radius 2 is 1.96 bits per heavy atom. The van der Waals surface area contributed by atoms with Crippen LogP contribution in [0.15, 0.2) is 64.8 Å². The van der Waals surface area contributed by atoms with Gasteiger partial charge in [-0.15, -0.1) is 0 Å². The van der Waals surface area contributed by atoms with Gasteiger partial charge in [0, 0.05) is 17.1 Å². The van der Waals surface area contributed by atoms with E-state index in [2.05, 4.69) is 0 Å². The zero-order valence-corrected chi connectivity index (χ0v) is 12.9. The van der Waals surface area contributed by atoms with Gasteiger partial charge >= 0.3 is 5.97 Å². The first-order valence-electron chi connectivity index (χ1n) is 7.72. The summed E-state index contributed by atoms with van der Waals surface area (Å²) in [5, 5.41) is 0. The topological polar surface area (TPSA) is 56.5 Å². The van der Waals surface area contributed by atoms with Crippen LogP contribution >= 0.6 is 0 Å². The first kappa shape index (κ1) is 15.3. The van der Waals surface area contributed by atoms with Crippen molar-refractivity contribution in [2.75, 3.05) is 6.61 Å². The number of carbonyl (C=O) groups excluding carboxylic acids is 2. The normalized spacial score (nSPS) is 20.1. The third kappa shape index (κ3) is 2.97. The van der Waals surface area contributed by atoms with E-state index < -0.39 is 11.9 Å². The van der Waals surface area contributed by atoms with Gasteiger partial charge in [-0.25, -0.2) is 4.79 Å². The smallest absolute Gasteiger partial charge is 0.334 e. The minimum absolute atomic E-state index is 0.0798.